The van der Waals surface area contributed by atoms with Crippen molar-refractivity contribution >= 4 is 23.1 Å². The van der Waals surface area contributed by atoms with E-state index in [2.05, 4.69) is 56.7 Å². The Kier molecular flexibility index (Phi) is 6.56. The molecule has 0 amide bonds. The molecule has 0 radical (unpaired) electrons. The highest BCUT2D eigenvalue weighted by Gasteiger charge is 2.04. The maximum atomic E-state index is 4.99. The molecule has 0 aliphatic rings. The summed E-state index contributed by atoms with van der Waals surface area (Å²) < 4.78 is 4.99. The van der Waals surface area contributed by atoms with E-state index in [4.69, 9.17) is 4.74 Å². The molecule has 0 saturated carbocycles. The van der Waals surface area contributed by atoms with E-state index in [1.807, 2.05) is 12.1 Å². The van der Waals surface area contributed by atoms with Crippen molar-refractivity contribution in [1.82, 2.24) is 15.2 Å². The molecular weight excluding hydrogens is 292 g/mol. The number of ether oxygens (including phenoxy) is 1. The average molecular weight is 316 g/mol. The average Bonchev–Trinajstić information content (AvgIpc) is 2.58. The first-order valence-electron chi connectivity index (χ1n) is 7.81. The molecule has 0 saturated heterocycles. The molecular formula is C16H24N6O. The highest BCUT2D eigenvalue weighted by atomic mass is 16.5. The lowest BCUT2D eigenvalue weighted by Gasteiger charge is -2.21. The zero-order chi connectivity index (χ0) is 16.5. The van der Waals surface area contributed by atoms with Crippen LogP contribution in [0, 0.1) is 0 Å². The van der Waals surface area contributed by atoms with Crippen LogP contribution in [0.15, 0.2) is 30.5 Å². The summed E-state index contributed by atoms with van der Waals surface area (Å²) in [5, 5.41) is 14.2. The van der Waals surface area contributed by atoms with Crippen molar-refractivity contribution in [2.45, 2.75) is 13.8 Å². The molecule has 1 aromatic carbocycles. The molecule has 7 nitrogen and oxygen atoms in total. The van der Waals surface area contributed by atoms with Crippen molar-refractivity contribution in [3.8, 4) is 0 Å². The molecule has 2 N–H and O–H groups in total. The van der Waals surface area contributed by atoms with E-state index in [0.717, 1.165) is 18.8 Å². The predicted octanol–water partition coefficient (Wildman–Crippen LogP) is 2.52. The first kappa shape index (κ1) is 17.0. The summed E-state index contributed by atoms with van der Waals surface area (Å²) in [5.74, 6) is 1.13. The fraction of sp³-hybridized carbons (Fsp3) is 0.438. The minimum Gasteiger partial charge on any atom is -0.383 e. The zero-order valence-electron chi connectivity index (χ0n) is 13.9. The number of aromatic nitrogens is 3. The number of nitrogens with one attached hydrogen (secondary N) is 2. The van der Waals surface area contributed by atoms with Crippen molar-refractivity contribution in [1.29, 1.82) is 0 Å². The normalized spacial score (nSPS) is 10.4. The highest BCUT2D eigenvalue weighted by molar-refractivity contribution is 5.59. The van der Waals surface area contributed by atoms with Gasteiger partial charge in [0.15, 0.2) is 5.82 Å². The second-order valence-electron chi connectivity index (χ2n) is 4.93. The largest absolute Gasteiger partial charge is 0.383 e. The van der Waals surface area contributed by atoms with Gasteiger partial charge in [-0.1, -0.05) is 0 Å². The number of anilines is 4. The van der Waals surface area contributed by atoms with Gasteiger partial charge in [-0.05, 0) is 38.1 Å². The molecule has 0 unspecified atom stereocenters. The lowest BCUT2D eigenvalue weighted by Crippen LogP contribution is -2.21. The van der Waals surface area contributed by atoms with E-state index in [9.17, 15) is 0 Å². The Hall–Kier alpha value is -2.41. The molecule has 1 heterocycles. The zero-order valence-corrected chi connectivity index (χ0v) is 13.9. The molecule has 0 atom stereocenters. The Balaban J connectivity index is 2.00. The predicted molar refractivity (Wildman–Crippen MR) is 93.5 cm³/mol. The van der Waals surface area contributed by atoms with Crippen LogP contribution in [0.1, 0.15) is 13.8 Å². The second-order valence-corrected chi connectivity index (χ2v) is 4.93. The first-order valence-corrected chi connectivity index (χ1v) is 7.81. The SMILES string of the molecule is CCN(CC)c1ccc(Nc2nncc(NCCOC)n2)cc1. The monoisotopic (exact) mass is 316 g/mol. The van der Waals surface area contributed by atoms with Crippen LogP contribution in [0.3, 0.4) is 0 Å². The van der Waals surface area contributed by atoms with Gasteiger partial charge in [-0.3, -0.25) is 0 Å². The van der Waals surface area contributed by atoms with Crippen molar-refractivity contribution in [2.75, 3.05) is 48.9 Å². The molecule has 0 aliphatic carbocycles. The van der Waals surface area contributed by atoms with E-state index in [1.54, 1.807) is 13.3 Å². The molecule has 1 aromatic heterocycles. The summed E-state index contributed by atoms with van der Waals surface area (Å²) >= 11 is 0. The van der Waals surface area contributed by atoms with E-state index in [1.165, 1.54) is 5.69 Å². The van der Waals surface area contributed by atoms with E-state index >= 15 is 0 Å². The van der Waals surface area contributed by atoms with Gasteiger partial charge in [0, 0.05) is 38.1 Å². The molecule has 23 heavy (non-hydrogen) atoms. The number of hydrogen-bond donors (Lipinski definition) is 2. The van der Waals surface area contributed by atoms with Crippen LogP contribution in [-0.2, 0) is 4.74 Å². The fourth-order valence-electron chi connectivity index (χ4n) is 2.20. The van der Waals surface area contributed by atoms with Crippen LogP contribution in [-0.4, -0.2) is 48.5 Å². The number of hydrogen-bond acceptors (Lipinski definition) is 7. The molecule has 0 fully saturated rings. The summed E-state index contributed by atoms with van der Waals surface area (Å²) in [5.41, 5.74) is 2.13. The van der Waals surface area contributed by atoms with Crippen LogP contribution in [0.2, 0.25) is 0 Å². The standard InChI is InChI=1S/C16H24N6O/c1-4-22(5-2)14-8-6-13(7-9-14)19-16-20-15(12-18-21-16)17-10-11-23-3/h6-9,12H,4-5,10-11H2,1-3H3,(H2,17,19,20,21). The van der Waals surface area contributed by atoms with Crippen molar-refractivity contribution in [3.05, 3.63) is 30.5 Å². The lowest BCUT2D eigenvalue weighted by molar-refractivity contribution is 0.210. The van der Waals surface area contributed by atoms with E-state index in [-0.39, 0.29) is 0 Å². The summed E-state index contributed by atoms with van der Waals surface area (Å²) in [7, 11) is 1.66. The van der Waals surface area contributed by atoms with Gasteiger partial charge >= 0.3 is 0 Å². The third-order valence-corrected chi connectivity index (χ3v) is 3.42. The molecule has 124 valence electrons. The molecule has 7 heteroatoms. The van der Waals surface area contributed by atoms with Gasteiger partial charge in [-0.25, -0.2) is 0 Å². The van der Waals surface area contributed by atoms with Gasteiger partial charge < -0.3 is 20.3 Å². The van der Waals surface area contributed by atoms with Crippen LogP contribution in [0.4, 0.5) is 23.1 Å². The van der Waals surface area contributed by atoms with Crippen molar-refractivity contribution in [3.63, 3.8) is 0 Å². The number of methoxy groups -OCH3 is 1. The Bertz CT molecular complexity index is 585. The maximum Gasteiger partial charge on any atom is 0.249 e. The Morgan fingerprint density at radius 1 is 1.13 bits per heavy atom. The Labute approximate surface area is 137 Å². The van der Waals surface area contributed by atoms with Gasteiger partial charge in [0.05, 0.1) is 12.8 Å². The highest BCUT2D eigenvalue weighted by Crippen LogP contribution is 2.19. The quantitative estimate of drug-likeness (QED) is 0.688. The fourth-order valence-corrected chi connectivity index (χ4v) is 2.20. The van der Waals surface area contributed by atoms with E-state index < -0.39 is 0 Å². The van der Waals surface area contributed by atoms with Crippen LogP contribution in [0.25, 0.3) is 0 Å². The molecule has 0 bridgehead atoms. The van der Waals surface area contributed by atoms with Crippen LogP contribution >= 0.6 is 0 Å². The topological polar surface area (TPSA) is 75.2 Å². The van der Waals surface area contributed by atoms with Gasteiger partial charge in [0.25, 0.3) is 0 Å². The molecule has 0 aliphatic heterocycles. The summed E-state index contributed by atoms with van der Waals surface area (Å²) in [6.07, 6.45) is 1.59. The third kappa shape index (κ3) is 5.07. The number of benzene rings is 1. The lowest BCUT2D eigenvalue weighted by atomic mass is 10.2. The van der Waals surface area contributed by atoms with Crippen LogP contribution < -0.4 is 15.5 Å². The van der Waals surface area contributed by atoms with E-state index in [0.29, 0.717) is 24.9 Å². The van der Waals surface area contributed by atoms with Crippen molar-refractivity contribution < 1.29 is 4.74 Å². The smallest absolute Gasteiger partial charge is 0.249 e. The molecule has 2 aromatic rings. The molecule has 0 spiro atoms. The van der Waals surface area contributed by atoms with Crippen LogP contribution in [0.5, 0.6) is 0 Å². The molecule has 2 rings (SSSR count). The Morgan fingerprint density at radius 2 is 1.87 bits per heavy atom. The summed E-state index contributed by atoms with van der Waals surface area (Å²) in [4.78, 5) is 6.66. The van der Waals surface area contributed by atoms with Gasteiger partial charge in [-0.2, -0.15) is 10.1 Å². The summed E-state index contributed by atoms with van der Waals surface area (Å²) in [6, 6.07) is 8.21. The third-order valence-electron chi connectivity index (χ3n) is 3.42. The van der Waals surface area contributed by atoms with Gasteiger partial charge in [-0.15, -0.1) is 5.10 Å². The number of nitrogens with zero attached hydrogens (tertiary/aromatic N) is 4. The summed E-state index contributed by atoms with van der Waals surface area (Å²) in [6.45, 7) is 7.57. The van der Waals surface area contributed by atoms with Crippen molar-refractivity contribution in [2.24, 2.45) is 0 Å². The minimum atomic E-state index is 0.461. The van der Waals surface area contributed by atoms with Gasteiger partial charge in [0.1, 0.15) is 0 Å². The maximum absolute atomic E-state index is 4.99. The number of rotatable bonds is 9. The first-order chi connectivity index (χ1) is 11.3. The minimum absolute atomic E-state index is 0.461. The van der Waals surface area contributed by atoms with Gasteiger partial charge in [0.2, 0.25) is 5.95 Å². The Morgan fingerprint density at radius 3 is 2.52 bits per heavy atom. The second kappa shape index (κ2) is 8.89.